The van der Waals surface area contributed by atoms with Crippen molar-refractivity contribution in [3.8, 4) is 17.1 Å². The van der Waals surface area contributed by atoms with Gasteiger partial charge in [-0.05, 0) is 37.3 Å². The number of benzene rings is 2. The van der Waals surface area contributed by atoms with Crippen LogP contribution in [0.4, 0.5) is 14.5 Å². The molecule has 0 radical (unpaired) electrons. The number of halogens is 2. The molecule has 0 spiro atoms. The highest BCUT2D eigenvalue weighted by molar-refractivity contribution is 6.04. The molecule has 0 saturated carbocycles. The second kappa shape index (κ2) is 7.69. The fraction of sp³-hybridized carbons (Fsp3) is 0.105. The summed E-state index contributed by atoms with van der Waals surface area (Å²) in [6.45, 7) is 2.34. The molecule has 5 nitrogen and oxygen atoms in total. The fourth-order valence-corrected chi connectivity index (χ4v) is 2.36. The van der Waals surface area contributed by atoms with E-state index >= 15 is 0 Å². The highest BCUT2D eigenvalue weighted by Crippen LogP contribution is 2.22. The summed E-state index contributed by atoms with van der Waals surface area (Å²) < 4.78 is 32.7. The van der Waals surface area contributed by atoms with Crippen LogP contribution in [0.15, 0.2) is 54.6 Å². The lowest BCUT2D eigenvalue weighted by molar-refractivity contribution is 0.101. The number of amides is 1. The molecule has 132 valence electrons. The van der Waals surface area contributed by atoms with E-state index < -0.39 is 23.1 Å². The largest absolute Gasteiger partial charge is 0.477 e. The molecule has 3 rings (SSSR count). The van der Waals surface area contributed by atoms with Gasteiger partial charge in [-0.3, -0.25) is 4.79 Å². The molecule has 0 unspecified atom stereocenters. The molecule has 0 saturated heterocycles. The molecule has 0 aliphatic heterocycles. The van der Waals surface area contributed by atoms with Crippen molar-refractivity contribution in [2.45, 2.75) is 6.92 Å². The van der Waals surface area contributed by atoms with Gasteiger partial charge in [0.15, 0.2) is 0 Å². The maximum Gasteiger partial charge on any atom is 0.261 e. The van der Waals surface area contributed by atoms with Crippen molar-refractivity contribution in [1.82, 2.24) is 10.2 Å². The Hall–Kier alpha value is -3.35. The van der Waals surface area contributed by atoms with Crippen molar-refractivity contribution in [2.24, 2.45) is 0 Å². The number of nitrogens with zero attached hydrogens (tertiary/aromatic N) is 2. The third-order valence-electron chi connectivity index (χ3n) is 3.54. The first-order valence-corrected chi connectivity index (χ1v) is 7.91. The van der Waals surface area contributed by atoms with E-state index in [1.54, 1.807) is 36.4 Å². The average molecular weight is 355 g/mol. The van der Waals surface area contributed by atoms with Crippen LogP contribution in [0.1, 0.15) is 17.3 Å². The first-order chi connectivity index (χ1) is 12.6. The summed E-state index contributed by atoms with van der Waals surface area (Å²) in [7, 11) is 0. The van der Waals surface area contributed by atoms with Gasteiger partial charge in [0.2, 0.25) is 5.88 Å². The Kier molecular flexibility index (Phi) is 5.17. The summed E-state index contributed by atoms with van der Waals surface area (Å²) in [6.07, 6.45) is 0. The van der Waals surface area contributed by atoms with E-state index in [-0.39, 0.29) is 0 Å². The maximum atomic E-state index is 13.7. The number of aromatic nitrogens is 2. The van der Waals surface area contributed by atoms with Gasteiger partial charge in [-0.1, -0.05) is 18.2 Å². The Balaban J connectivity index is 1.82. The van der Waals surface area contributed by atoms with E-state index in [0.717, 1.165) is 12.1 Å². The Labute approximate surface area is 148 Å². The van der Waals surface area contributed by atoms with Gasteiger partial charge in [-0.2, -0.15) is 0 Å². The summed E-state index contributed by atoms with van der Waals surface area (Å²) in [6, 6.07) is 13.4. The van der Waals surface area contributed by atoms with Crippen LogP contribution in [0.5, 0.6) is 5.88 Å². The Morgan fingerprint density at radius 3 is 2.42 bits per heavy atom. The van der Waals surface area contributed by atoms with Gasteiger partial charge >= 0.3 is 0 Å². The van der Waals surface area contributed by atoms with E-state index in [0.29, 0.717) is 29.4 Å². The standard InChI is InChI=1S/C19H15F2N3O2/c1-2-26-17-10-9-16(23-24-17)12-5-3-6-13(11-12)22-19(25)18-14(20)7-4-8-15(18)21/h3-11H,2H2,1H3,(H,22,25). The van der Waals surface area contributed by atoms with Crippen molar-refractivity contribution in [3.05, 3.63) is 71.8 Å². The third-order valence-corrected chi connectivity index (χ3v) is 3.54. The number of hydrogen-bond donors (Lipinski definition) is 1. The second-order valence-corrected chi connectivity index (χ2v) is 5.32. The van der Waals surface area contributed by atoms with E-state index in [1.807, 2.05) is 6.92 Å². The average Bonchev–Trinajstić information content (AvgIpc) is 2.63. The molecule has 7 heteroatoms. The number of rotatable bonds is 5. The van der Waals surface area contributed by atoms with Crippen LogP contribution >= 0.6 is 0 Å². The molecule has 1 amide bonds. The van der Waals surface area contributed by atoms with Gasteiger partial charge < -0.3 is 10.1 Å². The monoisotopic (exact) mass is 355 g/mol. The molecule has 1 heterocycles. The van der Waals surface area contributed by atoms with Crippen molar-refractivity contribution in [1.29, 1.82) is 0 Å². The maximum absolute atomic E-state index is 13.7. The summed E-state index contributed by atoms with van der Waals surface area (Å²) in [5.74, 6) is -2.29. The van der Waals surface area contributed by atoms with E-state index in [9.17, 15) is 13.6 Å². The molecule has 1 N–H and O–H groups in total. The predicted molar refractivity (Wildman–Crippen MR) is 92.9 cm³/mol. The predicted octanol–water partition coefficient (Wildman–Crippen LogP) is 4.07. The fourth-order valence-electron chi connectivity index (χ4n) is 2.36. The first kappa shape index (κ1) is 17.5. The van der Waals surface area contributed by atoms with Crippen LogP contribution in [-0.4, -0.2) is 22.7 Å². The molecule has 2 aromatic carbocycles. The van der Waals surface area contributed by atoms with Gasteiger partial charge in [-0.15, -0.1) is 10.2 Å². The molecule has 0 aliphatic carbocycles. The summed E-state index contributed by atoms with van der Waals surface area (Å²) in [5.41, 5.74) is 1.01. The molecule has 1 aromatic heterocycles. The van der Waals surface area contributed by atoms with E-state index in [1.165, 1.54) is 6.07 Å². The minimum Gasteiger partial charge on any atom is -0.477 e. The molecule has 0 bridgehead atoms. The second-order valence-electron chi connectivity index (χ2n) is 5.32. The van der Waals surface area contributed by atoms with E-state index in [2.05, 4.69) is 15.5 Å². The van der Waals surface area contributed by atoms with Crippen LogP contribution < -0.4 is 10.1 Å². The number of ether oxygens (including phenoxy) is 1. The van der Waals surface area contributed by atoms with Crippen LogP contribution in [0.2, 0.25) is 0 Å². The van der Waals surface area contributed by atoms with Gasteiger partial charge in [0.25, 0.3) is 5.91 Å². The quantitative estimate of drug-likeness (QED) is 0.749. The first-order valence-electron chi connectivity index (χ1n) is 7.91. The SMILES string of the molecule is CCOc1ccc(-c2cccc(NC(=O)c3c(F)cccc3F)c2)nn1. The molecule has 0 aliphatic rings. The summed E-state index contributed by atoms with van der Waals surface area (Å²) in [4.78, 5) is 12.2. The van der Waals surface area contributed by atoms with Gasteiger partial charge in [0.1, 0.15) is 17.2 Å². The molecule has 3 aromatic rings. The zero-order valence-electron chi connectivity index (χ0n) is 13.9. The lowest BCUT2D eigenvalue weighted by Gasteiger charge is -2.09. The van der Waals surface area contributed by atoms with Gasteiger partial charge in [0.05, 0.1) is 12.3 Å². The van der Waals surface area contributed by atoms with Crippen molar-refractivity contribution < 1.29 is 18.3 Å². The molecule has 0 fully saturated rings. The topological polar surface area (TPSA) is 64.1 Å². The Bertz CT molecular complexity index is 910. The zero-order valence-corrected chi connectivity index (χ0v) is 13.9. The number of nitrogens with one attached hydrogen (secondary N) is 1. The molecule has 0 atom stereocenters. The normalized spacial score (nSPS) is 10.4. The number of carbonyl (C=O) groups excluding carboxylic acids is 1. The van der Waals surface area contributed by atoms with Crippen molar-refractivity contribution in [2.75, 3.05) is 11.9 Å². The smallest absolute Gasteiger partial charge is 0.261 e. The van der Waals surface area contributed by atoms with Crippen LogP contribution in [-0.2, 0) is 0 Å². The summed E-state index contributed by atoms with van der Waals surface area (Å²) >= 11 is 0. The minimum absolute atomic E-state index is 0.380. The highest BCUT2D eigenvalue weighted by Gasteiger charge is 2.17. The summed E-state index contributed by atoms with van der Waals surface area (Å²) in [5, 5.41) is 10.5. The molecular formula is C19H15F2N3O2. The van der Waals surface area contributed by atoms with Crippen molar-refractivity contribution >= 4 is 11.6 Å². The number of carbonyl (C=O) groups is 1. The number of hydrogen-bond acceptors (Lipinski definition) is 4. The number of anilines is 1. The van der Waals surface area contributed by atoms with Crippen molar-refractivity contribution in [3.63, 3.8) is 0 Å². The van der Waals surface area contributed by atoms with Crippen LogP contribution in [0, 0.1) is 11.6 Å². The Morgan fingerprint density at radius 2 is 1.77 bits per heavy atom. The highest BCUT2D eigenvalue weighted by atomic mass is 19.1. The third kappa shape index (κ3) is 3.83. The molecular weight excluding hydrogens is 340 g/mol. The minimum atomic E-state index is -0.920. The van der Waals surface area contributed by atoms with Crippen LogP contribution in [0.25, 0.3) is 11.3 Å². The lowest BCUT2D eigenvalue weighted by Crippen LogP contribution is -2.15. The zero-order chi connectivity index (χ0) is 18.5. The van der Waals surface area contributed by atoms with Gasteiger partial charge in [-0.25, -0.2) is 8.78 Å². The Morgan fingerprint density at radius 1 is 1.04 bits per heavy atom. The van der Waals surface area contributed by atoms with E-state index in [4.69, 9.17) is 4.74 Å². The van der Waals surface area contributed by atoms with Crippen LogP contribution in [0.3, 0.4) is 0 Å². The molecule has 26 heavy (non-hydrogen) atoms. The van der Waals surface area contributed by atoms with Gasteiger partial charge in [0, 0.05) is 17.3 Å². The lowest BCUT2D eigenvalue weighted by atomic mass is 10.1.